The van der Waals surface area contributed by atoms with Crippen molar-refractivity contribution < 1.29 is 4.74 Å². The molecule has 32 heavy (non-hydrogen) atoms. The van der Waals surface area contributed by atoms with Crippen molar-refractivity contribution in [1.82, 2.24) is 20.1 Å². The molecular formula is C24H35IN6O. The fraction of sp³-hybridized carbons (Fsp3) is 0.500. The first-order valence-corrected chi connectivity index (χ1v) is 11.2. The third kappa shape index (κ3) is 6.11. The predicted octanol–water partition coefficient (Wildman–Crippen LogP) is 2.82. The maximum Gasteiger partial charge on any atom is 0.194 e. The van der Waals surface area contributed by atoms with E-state index in [1.54, 1.807) is 0 Å². The first-order chi connectivity index (χ1) is 15.1. The summed E-state index contributed by atoms with van der Waals surface area (Å²) in [6.07, 6.45) is 0.219. The molecule has 2 atom stereocenters. The average Bonchev–Trinajstić information content (AvgIpc) is 3.23. The Bertz CT molecular complexity index is 878. The summed E-state index contributed by atoms with van der Waals surface area (Å²) in [5.41, 5.74) is 2.33. The maximum absolute atomic E-state index is 6.15. The highest BCUT2D eigenvalue weighted by atomic mass is 127. The minimum absolute atomic E-state index is 0. The number of hydrogen-bond donors (Lipinski definition) is 1. The number of nitrogens with one attached hydrogen (secondary N) is 1. The zero-order valence-corrected chi connectivity index (χ0v) is 21.6. The molecule has 2 aromatic rings. The summed E-state index contributed by atoms with van der Waals surface area (Å²) in [6, 6.07) is 17.2. The Morgan fingerprint density at radius 1 is 1.16 bits per heavy atom. The molecule has 0 radical (unpaired) electrons. The average molecular weight is 550 g/mol. The smallest absolute Gasteiger partial charge is 0.194 e. The summed E-state index contributed by atoms with van der Waals surface area (Å²) in [5, 5.41) is 3.47. The Morgan fingerprint density at radius 3 is 2.72 bits per heavy atom. The van der Waals surface area contributed by atoms with Crippen LogP contribution in [0.5, 0.6) is 0 Å². The molecule has 2 aliphatic rings. The number of aliphatic imine (C=N–C) groups is 1. The first kappa shape index (κ1) is 24.7. The van der Waals surface area contributed by atoms with Gasteiger partial charge in [0.15, 0.2) is 5.96 Å². The van der Waals surface area contributed by atoms with E-state index in [9.17, 15) is 0 Å². The number of pyridine rings is 1. The van der Waals surface area contributed by atoms with E-state index in [2.05, 4.69) is 52.4 Å². The summed E-state index contributed by atoms with van der Waals surface area (Å²) < 4.78 is 6.15. The Labute approximate surface area is 208 Å². The SMILES string of the molecule is CCNC(=NCc1cccc(N(C)C)n1)N1CC2OCCN(Cc3ccccc3)C2C1.I. The summed E-state index contributed by atoms with van der Waals surface area (Å²) in [7, 11) is 4.01. The predicted molar refractivity (Wildman–Crippen MR) is 141 cm³/mol. The number of nitrogens with zero attached hydrogens (tertiary/aromatic N) is 5. The number of hydrogen-bond acceptors (Lipinski definition) is 5. The Morgan fingerprint density at radius 2 is 1.97 bits per heavy atom. The van der Waals surface area contributed by atoms with Crippen LogP contribution in [0.25, 0.3) is 0 Å². The van der Waals surface area contributed by atoms with E-state index in [-0.39, 0.29) is 30.1 Å². The van der Waals surface area contributed by atoms with Crippen LogP contribution in [-0.2, 0) is 17.8 Å². The fourth-order valence-corrected chi connectivity index (χ4v) is 4.33. The van der Waals surface area contributed by atoms with Crippen molar-refractivity contribution in [1.29, 1.82) is 0 Å². The van der Waals surface area contributed by atoms with Gasteiger partial charge < -0.3 is 19.9 Å². The Kier molecular flexibility index (Phi) is 9.12. The molecule has 2 unspecified atom stereocenters. The van der Waals surface area contributed by atoms with E-state index in [0.717, 1.165) is 56.8 Å². The van der Waals surface area contributed by atoms with Crippen molar-refractivity contribution >= 4 is 35.8 Å². The zero-order chi connectivity index (χ0) is 21.6. The molecule has 174 valence electrons. The normalized spacial score (nSPS) is 21.1. The lowest BCUT2D eigenvalue weighted by Gasteiger charge is -2.36. The van der Waals surface area contributed by atoms with Crippen molar-refractivity contribution in [2.45, 2.75) is 32.2 Å². The van der Waals surface area contributed by atoms with Gasteiger partial charge in [-0.05, 0) is 24.6 Å². The number of morpholine rings is 1. The van der Waals surface area contributed by atoms with Crippen LogP contribution < -0.4 is 10.2 Å². The van der Waals surface area contributed by atoms with E-state index >= 15 is 0 Å². The number of guanidine groups is 1. The molecule has 1 aromatic carbocycles. The van der Waals surface area contributed by atoms with Gasteiger partial charge in [0.25, 0.3) is 0 Å². The molecule has 0 aliphatic carbocycles. The van der Waals surface area contributed by atoms with Crippen LogP contribution in [0.15, 0.2) is 53.5 Å². The van der Waals surface area contributed by atoms with Gasteiger partial charge in [-0.15, -0.1) is 24.0 Å². The van der Waals surface area contributed by atoms with E-state index in [4.69, 9.17) is 14.7 Å². The standard InChI is InChI=1S/C24H34N6O.HI/c1-4-25-24(26-15-20-11-8-12-23(27-20)28(2)3)30-17-21-22(18-30)31-14-13-29(21)16-19-9-6-5-7-10-19;/h5-12,21-22H,4,13-18H2,1-3H3,(H,25,26);1H. The van der Waals surface area contributed by atoms with E-state index in [1.807, 2.05) is 37.2 Å². The number of ether oxygens (including phenoxy) is 1. The van der Waals surface area contributed by atoms with Crippen LogP contribution in [0.3, 0.4) is 0 Å². The molecule has 0 amide bonds. The van der Waals surface area contributed by atoms with Gasteiger partial charge >= 0.3 is 0 Å². The topological polar surface area (TPSA) is 56.2 Å². The highest BCUT2D eigenvalue weighted by Gasteiger charge is 2.41. The van der Waals surface area contributed by atoms with Crippen molar-refractivity contribution in [2.24, 2.45) is 4.99 Å². The molecule has 2 aliphatic heterocycles. The second kappa shape index (κ2) is 11.8. The Hall–Kier alpha value is -1.91. The molecule has 1 aromatic heterocycles. The number of aromatic nitrogens is 1. The van der Waals surface area contributed by atoms with Crippen LogP contribution in [0, 0.1) is 0 Å². The van der Waals surface area contributed by atoms with Gasteiger partial charge in [0.1, 0.15) is 5.82 Å². The lowest BCUT2D eigenvalue weighted by molar-refractivity contribution is -0.0502. The largest absolute Gasteiger partial charge is 0.373 e. The minimum Gasteiger partial charge on any atom is -0.373 e. The van der Waals surface area contributed by atoms with Crippen LogP contribution >= 0.6 is 24.0 Å². The van der Waals surface area contributed by atoms with E-state index in [1.165, 1.54) is 5.56 Å². The van der Waals surface area contributed by atoms with Gasteiger partial charge in [-0.2, -0.15) is 0 Å². The molecule has 0 spiro atoms. The number of likely N-dealkylation sites (tertiary alicyclic amines) is 1. The molecule has 0 saturated carbocycles. The van der Waals surface area contributed by atoms with Gasteiger partial charge in [-0.3, -0.25) is 4.90 Å². The highest BCUT2D eigenvalue weighted by Crippen LogP contribution is 2.25. The summed E-state index contributed by atoms with van der Waals surface area (Å²) in [6.45, 7) is 8.03. The lowest BCUT2D eigenvalue weighted by Crippen LogP contribution is -2.50. The van der Waals surface area contributed by atoms with Crippen LogP contribution in [0.2, 0.25) is 0 Å². The second-order valence-corrected chi connectivity index (χ2v) is 8.39. The third-order valence-corrected chi connectivity index (χ3v) is 5.92. The molecule has 2 fully saturated rings. The van der Waals surface area contributed by atoms with Crippen molar-refractivity contribution in [3.05, 3.63) is 59.8 Å². The van der Waals surface area contributed by atoms with Gasteiger partial charge in [0.2, 0.25) is 0 Å². The minimum atomic E-state index is 0. The molecule has 0 bridgehead atoms. The monoisotopic (exact) mass is 550 g/mol. The van der Waals surface area contributed by atoms with Crippen LogP contribution in [0.4, 0.5) is 5.82 Å². The zero-order valence-electron chi connectivity index (χ0n) is 19.3. The first-order valence-electron chi connectivity index (χ1n) is 11.2. The molecular weight excluding hydrogens is 515 g/mol. The molecule has 2 saturated heterocycles. The van der Waals surface area contributed by atoms with Crippen LogP contribution in [-0.4, -0.2) is 79.8 Å². The molecule has 1 N–H and O–H groups in total. The van der Waals surface area contributed by atoms with Crippen molar-refractivity contribution in [3.63, 3.8) is 0 Å². The van der Waals surface area contributed by atoms with Gasteiger partial charge in [0, 0.05) is 46.8 Å². The molecule has 4 rings (SSSR count). The number of fused-ring (bicyclic) bond motifs is 1. The molecule has 8 heteroatoms. The van der Waals surface area contributed by atoms with Gasteiger partial charge in [-0.25, -0.2) is 9.98 Å². The number of halogens is 1. The van der Waals surface area contributed by atoms with Crippen molar-refractivity contribution in [2.75, 3.05) is 51.8 Å². The lowest BCUT2D eigenvalue weighted by atomic mass is 10.1. The fourth-order valence-electron chi connectivity index (χ4n) is 4.33. The van der Waals surface area contributed by atoms with Gasteiger partial charge in [0.05, 0.1) is 31.0 Å². The molecule has 3 heterocycles. The van der Waals surface area contributed by atoms with Gasteiger partial charge in [-0.1, -0.05) is 36.4 Å². The molecule has 7 nitrogen and oxygen atoms in total. The second-order valence-electron chi connectivity index (χ2n) is 8.39. The quantitative estimate of drug-likeness (QED) is 0.339. The summed E-state index contributed by atoms with van der Waals surface area (Å²) in [4.78, 5) is 16.5. The van der Waals surface area contributed by atoms with E-state index in [0.29, 0.717) is 12.6 Å². The Balaban J connectivity index is 0.00000289. The van der Waals surface area contributed by atoms with Crippen molar-refractivity contribution in [3.8, 4) is 0 Å². The summed E-state index contributed by atoms with van der Waals surface area (Å²) >= 11 is 0. The van der Waals surface area contributed by atoms with E-state index < -0.39 is 0 Å². The van der Waals surface area contributed by atoms with Crippen LogP contribution in [0.1, 0.15) is 18.2 Å². The number of anilines is 1. The number of rotatable bonds is 6. The number of benzene rings is 1. The third-order valence-electron chi connectivity index (χ3n) is 5.92. The summed E-state index contributed by atoms with van der Waals surface area (Å²) in [5.74, 6) is 1.90. The maximum atomic E-state index is 6.15. The highest BCUT2D eigenvalue weighted by molar-refractivity contribution is 14.0.